The van der Waals surface area contributed by atoms with Gasteiger partial charge in [0, 0.05) is 28.8 Å². The number of fused-ring (bicyclic) bond motifs is 5. The molecule has 0 radical (unpaired) electrons. The first-order chi connectivity index (χ1) is 12.8. The fourth-order valence-corrected chi connectivity index (χ4v) is 4.31. The van der Waals surface area contributed by atoms with Crippen molar-refractivity contribution in [3.8, 4) is 16.9 Å². The minimum Gasteiger partial charge on any atom is -0.485 e. The Morgan fingerprint density at radius 2 is 2.07 bits per heavy atom. The number of carboxylic acids is 1. The van der Waals surface area contributed by atoms with Crippen molar-refractivity contribution in [1.29, 1.82) is 0 Å². The van der Waals surface area contributed by atoms with Crippen LogP contribution in [0.4, 0.5) is 5.69 Å². The van der Waals surface area contributed by atoms with Gasteiger partial charge < -0.3 is 15.2 Å². The Hall–Kier alpha value is -3.01. The maximum absolute atomic E-state index is 11.8. The Bertz CT molecular complexity index is 1000. The van der Waals surface area contributed by atoms with E-state index in [9.17, 15) is 9.90 Å². The zero-order chi connectivity index (χ0) is 19.3. The summed E-state index contributed by atoms with van der Waals surface area (Å²) in [5.74, 6) is -0.340. The quantitative estimate of drug-likeness (QED) is 0.692. The molecule has 2 aromatic rings. The smallest absolute Gasteiger partial charge is 0.336 e. The van der Waals surface area contributed by atoms with E-state index >= 15 is 0 Å². The molecule has 2 aromatic carbocycles. The van der Waals surface area contributed by atoms with Crippen LogP contribution in [-0.4, -0.2) is 16.6 Å². The number of carbonyl (C=O) groups is 1. The van der Waals surface area contributed by atoms with Gasteiger partial charge in [0.1, 0.15) is 11.9 Å². The molecule has 4 heteroatoms. The fraction of sp³-hybridized carbons (Fsp3) is 0.261. The lowest BCUT2D eigenvalue weighted by Gasteiger charge is -2.37. The number of carboxylic acid groups (broad SMARTS) is 1. The molecule has 0 saturated carbocycles. The molecule has 0 saturated heterocycles. The van der Waals surface area contributed by atoms with Crippen LogP contribution in [0, 0.1) is 0 Å². The van der Waals surface area contributed by atoms with Crippen LogP contribution in [-0.2, 0) is 0 Å². The van der Waals surface area contributed by atoms with E-state index in [1.165, 1.54) is 5.57 Å². The largest absolute Gasteiger partial charge is 0.485 e. The Morgan fingerprint density at radius 3 is 2.78 bits per heavy atom. The van der Waals surface area contributed by atoms with Gasteiger partial charge in [-0.05, 0) is 50.1 Å². The molecule has 2 heterocycles. The first-order valence-corrected chi connectivity index (χ1v) is 9.11. The second-order valence-corrected chi connectivity index (χ2v) is 7.74. The van der Waals surface area contributed by atoms with Crippen molar-refractivity contribution in [3.63, 3.8) is 0 Å². The molecular weight excluding hydrogens is 338 g/mol. The van der Waals surface area contributed by atoms with Gasteiger partial charge in [-0.2, -0.15) is 0 Å². The molecule has 0 amide bonds. The molecule has 0 bridgehead atoms. The number of hydrogen-bond acceptors (Lipinski definition) is 3. The van der Waals surface area contributed by atoms with E-state index in [4.69, 9.17) is 4.74 Å². The standard InChI is InChI=1S/C23H23NO3/c1-5-7-17-21-14(20-15(22(25)26)8-6-9-18(20)27-17)10-11-16-19(21)13(2)12-23(3,4)24-16/h5-6,8-12,17,24H,1,7H2,2-4H3,(H,25,26). The Kier molecular flexibility index (Phi) is 3.88. The van der Waals surface area contributed by atoms with Crippen LogP contribution < -0.4 is 10.1 Å². The van der Waals surface area contributed by atoms with Crippen molar-refractivity contribution in [2.45, 2.75) is 38.8 Å². The highest BCUT2D eigenvalue weighted by atomic mass is 16.5. The highest BCUT2D eigenvalue weighted by molar-refractivity contribution is 6.00. The van der Waals surface area contributed by atoms with Crippen LogP contribution in [0.15, 0.2) is 49.1 Å². The van der Waals surface area contributed by atoms with Gasteiger partial charge in [-0.25, -0.2) is 4.79 Å². The summed E-state index contributed by atoms with van der Waals surface area (Å²) in [5.41, 5.74) is 6.05. The van der Waals surface area contributed by atoms with Crippen molar-refractivity contribution in [1.82, 2.24) is 0 Å². The van der Waals surface area contributed by atoms with E-state index in [-0.39, 0.29) is 17.2 Å². The lowest BCUT2D eigenvalue weighted by Crippen LogP contribution is -2.32. The van der Waals surface area contributed by atoms with Crippen LogP contribution >= 0.6 is 0 Å². The molecule has 1 atom stereocenters. The van der Waals surface area contributed by atoms with Crippen molar-refractivity contribution in [2.75, 3.05) is 5.32 Å². The molecule has 0 spiro atoms. The summed E-state index contributed by atoms with van der Waals surface area (Å²) in [6.07, 6.45) is 4.50. The average molecular weight is 361 g/mol. The molecular formula is C23H23NO3. The summed E-state index contributed by atoms with van der Waals surface area (Å²) in [5, 5.41) is 13.3. The van der Waals surface area contributed by atoms with Gasteiger partial charge in [-0.3, -0.25) is 0 Å². The predicted octanol–water partition coefficient (Wildman–Crippen LogP) is 5.67. The van der Waals surface area contributed by atoms with Gasteiger partial charge in [-0.15, -0.1) is 6.58 Å². The van der Waals surface area contributed by atoms with Crippen LogP contribution in [0.3, 0.4) is 0 Å². The van der Waals surface area contributed by atoms with Crippen molar-refractivity contribution in [2.24, 2.45) is 0 Å². The van der Waals surface area contributed by atoms with Gasteiger partial charge in [0.15, 0.2) is 0 Å². The van der Waals surface area contributed by atoms with E-state index in [1.807, 2.05) is 24.3 Å². The van der Waals surface area contributed by atoms with E-state index in [2.05, 4.69) is 38.7 Å². The number of hydrogen-bond donors (Lipinski definition) is 2. The molecule has 4 rings (SSSR count). The second kappa shape index (κ2) is 6.02. The van der Waals surface area contributed by atoms with Gasteiger partial charge in [0.25, 0.3) is 0 Å². The summed E-state index contributed by atoms with van der Waals surface area (Å²) in [6.45, 7) is 10.2. The third kappa shape index (κ3) is 2.72. The highest BCUT2D eigenvalue weighted by Gasteiger charge is 2.34. The molecule has 4 nitrogen and oxygen atoms in total. The molecule has 2 aliphatic heterocycles. The van der Waals surface area contributed by atoms with Gasteiger partial charge in [-0.1, -0.05) is 24.3 Å². The molecule has 0 aromatic heterocycles. The van der Waals surface area contributed by atoms with E-state index < -0.39 is 5.97 Å². The zero-order valence-corrected chi connectivity index (χ0v) is 15.8. The molecule has 0 fully saturated rings. The molecule has 138 valence electrons. The molecule has 0 aliphatic carbocycles. The normalized spacial score (nSPS) is 18.8. The van der Waals surface area contributed by atoms with E-state index in [0.29, 0.717) is 17.7 Å². The van der Waals surface area contributed by atoms with Crippen LogP contribution in [0.2, 0.25) is 0 Å². The third-order valence-corrected chi connectivity index (χ3v) is 5.17. The number of ether oxygens (including phenoxy) is 1. The minimum atomic E-state index is -0.951. The van der Waals surface area contributed by atoms with Gasteiger partial charge in [0.2, 0.25) is 0 Å². The second-order valence-electron chi connectivity index (χ2n) is 7.74. The third-order valence-electron chi connectivity index (χ3n) is 5.17. The number of aromatic carboxylic acids is 1. The van der Waals surface area contributed by atoms with E-state index in [1.54, 1.807) is 12.1 Å². The first-order valence-electron chi connectivity index (χ1n) is 9.11. The SMILES string of the molecule is C=CCC1Oc2cccc(C(=O)O)c2-c2ccc3c(c21)C(C)=CC(C)(C)N3. The Labute approximate surface area is 159 Å². The van der Waals surface area contributed by atoms with E-state index in [0.717, 1.165) is 22.4 Å². The molecule has 2 aliphatic rings. The van der Waals surface area contributed by atoms with Crippen molar-refractivity contribution >= 4 is 17.2 Å². The lowest BCUT2D eigenvalue weighted by atomic mass is 9.80. The number of benzene rings is 2. The Morgan fingerprint density at radius 1 is 1.30 bits per heavy atom. The number of rotatable bonds is 3. The van der Waals surface area contributed by atoms with Crippen LogP contribution in [0.1, 0.15) is 54.8 Å². The maximum atomic E-state index is 11.8. The van der Waals surface area contributed by atoms with Crippen LogP contribution in [0.5, 0.6) is 5.75 Å². The summed E-state index contributed by atoms with van der Waals surface area (Å²) >= 11 is 0. The van der Waals surface area contributed by atoms with Crippen molar-refractivity contribution < 1.29 is 14.6 Å². The summed E-state index contributed by atoms with van der Waals surface area (Å²) in [7, 11) is 0. The summed E-state index contributed by atoms with van der Waals surface area (Å²) in [4.78, 5) is 11.8. The summed E-state index contributed by atoms with van der Waals surface area (Å²) in [6, 6.07) is 9.26. The van der Waals surface area contributed by atoms with Crippen molar-refractivity contribution in [3.05, 3.63) is 65.8 Å². The predicted molar refractivity (Wildman–Crippen MR) is 108 cm³/mol. The highest BCUT2D eigenvalue weighted by Crippen LogP contribution is 2.50. The first kappa shape index (κ1) is 17.4. The monoisotopic (exact) mass is 361 g/mol. The average Bonchev–Trinajstić information content (AvgIpc) is 2.59. The maximum Gasteiger partial charge on any atom is 0.336 e. The lowest BCUT2D eigenvalue weighted by molar-refractivity contribution is 0.0696. The van der Waals surface area contributed by atoms with Crippen LogP contribution in [0.25, 0.3) is 16.7 Å². The van der Waals surface area contributed by atoms with Gasteiger partial charge >= 0.3 is 5.97 Å². The molecule has 2 N–H and O–H groups in total. The molecule has 1 unspecified atom stereocenters. The Balaban J connectivity index is 2.04. The van der Waals surface area contributed by atoms with Gasteiger partial charge in [0.05, 0.1) is 11.1 Å². The summed E-state index contributed by atoms with van der Waals surface area (Å²) < 4.78 is 6.27. The number of nitrogens with one attached hydrogen (secondary N) is 1. The zero-order valence-electron chi connectivity index (χ0n) is 15.8. The number of anilines is 1. The fourth-order valence-electron chi connectivity index (χ4n) is 4.31. The minimum absolute atomic E-state index is 0.140. The topological polar surface area (TPSA) is 58.6 Å². The number of allylic oxidation sites excluding steroid dienone is 1. The molecule has 27 heavy (non-hydrogen) atoms.